The van der Waals surface area contributed by atoms with E-state index in [1.807, 2.05) is 66.8 Å². The normalized spacial score (nSPS) is 14.9. The van der Waals surface area contributed by atoms with Gasteiger partial charge in [0, 0.05) is 23.7 Å². The monoisotopic (exact) mass is 392 g/mol. The molecule has 1 fully saturated rings. The quantitative estimate of drug-likeness (QED) is 0.509. The highest BCUT2D eigenvalue weighted by Gasteiger charge is 2.47. The maximum Gasteiger partial charge on any atom is 0.254 e. The molecule has 1 aliphatic rings. The van der Waals surface area contributed by atoms with Gasteiger partial charge in [0.1, 0.15) is 17.4 Å². The minimum Gasteiger partial charge on any atom is -0.496 e. The summed E-state index contributed by atoms with van der Waals surface area (Å²) in [6.45, 7) is 1.87. The third-order valence-electron chi connectivity index (χ3n) is 5.84. The van der Waals surface area contributed by atoms with Crippen LogP contribution in [0.15, 0.2) is 42.5 Å². The molecule has 0 aliphatic heterocycles. The lowest BCUT2D eigenvalue weighted by Crippen LogP contribution is -2.48. The van der Waals surface area contributed by atoms with Gasteiger partial charge in [0.15, 0.2) is 0 Å². The van der Waals surface area contributed by atoms with Crippen LogP contribution in [0.2, 0.25) is 0 Å². The number of hydroxylamine groups is 1. The summed E-state index contributed by atoms with van der Waals surface area (Å²) in [5, 5.41) is 10.2. The maximum atomic E-state index is 12.5. The largest absolute Gasteiger partial charge is 0.496 e. The van der Waals surface area contributed by atoms with Crippen LogP contribution >= 0.6 is 0 Å². The number of nitrogens with one attached hydrogen (secondary N) is 1. The van der Waals surface area contributed by atoms with Gasteiger partial charge in [0.25, 0.3) is 5.91 Å². The number of aromatic nitrogens is 2. The van der Waals surface area contributed by atoms with Crippen molar-refractivity contribution in [3.05, 3.63) is 53.9 Å². The van der Waals surface area contributed by atoms with E-state index in [2.05, 4.69) is 9.97 Å². The number of para-hydroxylation sites is 1. The molecule has 1 amide bonds. The molecule has 150 valence electrons. The summed E-state index contributed by atoms with van der Waals surface area (Å²) in [4.78, 5) is 23.7. The number of benzene rings is 2. The van der Waals surface area contributed by atoms with Crippen molar-refractivity contribution in [2.45, 2.75) is 31.6 Å². The van der Waals surface area contributed by atoms with Crippen molar-refractivity contribution in [1.29, 1.82) is 0 Å². The van der Waals surface area contributed by atoms with Crippen LogP contribution < -0.4 is 15.1 Å². The lowest BCUT2D eigenvalue weighted by molar-refractivity contribution is -0.138. The Hall–Kier alpha value is -3.19. The lowest BCUT2D eigenvalue weighted by Gasteiger charge is -2.41. The molecule has 3 aromatic rings. The molecular weight excluding hydrogens is 368 g/mol. The Morgan fingerprint density at radius 2 is 1.97 bits per heavy atom. The van der Waals surface area contributed by atoms with E-state index >= 15 is 0 Å². The second kappa shape index (κ2) is 7.33. The van der Waals surface area contributed by atoms with E-state index in [9.17, 15) is 10.0 Å². The van der Waals surface area contributed by atoms with Gasteiger partial charge in [0.05, 0.1) is 18.0 Å². The first-order chi connectivity index (χ1) is 14.0. The summed E-state index contributed by atoms with van der Waals surface area (Å²) in [6, 6.07) is 13.7. The van der Waals surface area contributed by atoms with Crippen molar-refractivity contribution in [3.63, 3.8) is 0 Å². The van der Waals surface area contributed by atoms with E-state index in [-0.39, 0.29) is 0 Å². The highest BCUT2D eigenvalue weighted by Crippen LogP contribution is 2.48. The smallest absolute Gasteiger partial charge is 0.254 e. The first-order valence-electron chi connectivity index (χ1n) is 9.60. The van der Waals surface area contributed by atoms with E-state index in [1.54, 1.807) is 7.11 Å². The van der Waals surface area contributed by atoms with E-state index in [0.717, 1.165) is 34.4 Å². The number of carbonyl (C=O) groups excluding carboxylic acids is 1. The molecule has 0 atom stereocenters. The lowest BCUT2D eigenvalue weighted by atomic mass is 9.63. The van der Waals surface area contributed by atoms with Gasteiger partial charge >= 0.3 is 0 Å². The first-order valence-corrected chi connectivity index (χ1v) is 9.60. The molecule has 2 N–H and O–H groups in total. The summed E-state index contributed by atoms with van der Waals surface area (Å²) in [5.74, 6) is 1.72. The molecule has 0 unspecified atom stereocenters. The molecule has 7 heteroatoms. The van der Waals surface area contributed by atoms with Gasteiger partial charge in [-0.3, -0.25) is 10.0 Å². The minimum absolute atomic E-state index is 0.398. The van der Waals surface area contributed by atoms with Crippen LogP contribution in [0.5, 0.6) is 5.75 Å². The minimum atomic E-state index is -0.777. The van der Waals surface area contributed by atoms with Gasteiger partial charge in [-0.1, -0.05) is 18.6 Å². The third kappa shape index (κ3) is 3.07. The number of amides is 1. The molecule has 4 rings (SSSR count). The van der Waals surface area contributed by atoms with Crippen molar-refractivity contribution in [2.24, 2.45) is 0 Å². The van der Waals surface area contributed by atoms with Gasteiger partial charge in [-0.2, -0.15) is 0 Å². The number of nitrogens with zero attached hydrogens (tertiary/aromatic N) is 3. The maximum absolute atomic E-state index is 12.5. The summed E-state index contributed by atoms with van der Waals surface area (Å²) in [6.07, 6.45) is 2.25. The predicted octanol–water partition coefficient (Wildman–Crippen LogP) is 3.64. The van der Waals surface area contributed by atoms with Crippen LogP contribution in [-0.2, 0) is 10.2 Å². The molecule has 0 saturated heterocycles. The van der Waals surface area contributed by atoms with E-state index in [4.69, 9.17) is 4.74 Å². The Labute approximate surface area is 169 Å². The number of fused-ring (bicyclic) bond motifs is 1. The van der Waals surface area contributed by atoms with E-state index in [0.29, 0.717) is 24.4 Å². The Bertz CT molecular complexity index is 1080. The van der Waals surface area contributed by atoms with Gasteiger partial charge in [-0.25, -0.2) is 15.4 Å². The number of rotatable bonds is 5. The second-order valence-electron chi connectivity index (χ2n) is 7.43. The second-order valence-corrected chi connectivity index (χ2v) is 7.43. The number of carbonyl (C=O) groups is 1. The summed E-state index contributed by atoms with van der Waals surface area (Å²) in [7, 11) is 3.53. The van der Waals surface area contributed by atoms with Gasteiger partial charge < -0.3 is 9.64 Å². The van der Waals surface area contributed by atoms with Crippen LogP contribution in [0.1, 0.15) is 30.7 Å². The number of anilines is 2. The van der Waals surface area contributed by atoms with Gasteiger partial charge in [-0.15, -0.1) is 0 Å². The molecule has 0 radical (unpaired) electrons. The number of hydrogen-bond donors (Lipinski definition) is 2. The fourth-order valence-electron chi connectivity index (χ4n) is 4.09. The molecular formula is C22H24N4O3. The van der Waals surface area contributed by atoms with Crippen LogP contribution in [-0.4, -0.2) is 35.2 Å². The van der Waals surface area contributed by atoms with Crippen LogP contribution in [0.4, 0.5) is 11.5 Å². The number of aryl methyl sites for hydroxylation is 1. The fraction of sp³-hybridized carbons (Fsp3) is 0.318. The fourth-order valence-corrected chi connectivity index (χ4v) is 4.09. The Morgan fingerprint density at radius 3 is 2.62 bits per heavy atom. The summed E-state index contributed by atoms with van der Waals surface area (Å²) < 4.78 is 5.55. The zero-order valence-corrected chi connectivity index (χ0v) is 16.8. The Kier molecular flexibility index (Phi) is 4.84. The highest BCUT2D eigenvalue weighted by molar-refractivity contribution is 5.92. The first kappa shape index (κ1) is 19.1. The average Bonchev–Trinajstić information content (AvgIpc) is 2.71. The molecule has 2 aromatic carbocycles. The molecule has 1 aliphatic carbocycles. The van der Waals surface area contributed by atoms with Crippen LogP contribution in [0.25, 0.3) is 10.9 Å². The molecule has 1 saturated carbocycles. The molecule has 29 heavy (non-hydrogen) atoms. The van der Waals surface area contributed by atoms with E-state index < -0.39 is 11.3 Å². The summed E-state index contributed by atoms with van der Waals surface area (Å²) >= 11 is 0. The Morgan fingerprint density at radius 1 is 1.21 bits per heavy atom. The third-order valence-corrected chi connectivity index (χ3v) is 5.84. The highest BCUT2D eigenvalue weighted by atomic mass is 16.5. The van der Waals surface area contributed by atoms with Crippen molar-refractivity contribution in [3.8, 4) is 5.75 Å². The Balaban J connectivity index is 1.84. The van der Waals surface area contributed by atoms with E-state index in [1.165, 1.54) is 0 Å². The van der Waals surface area contributed by atoms with Crippen molar-refractivity contribution in [1.82, 2.24) is 15.4 Å². The van der Waals surface area contributed by atoms with Gasteiger partial charge in [-0.05, 0) is 50.1 Å². The standard InChI is InChI=1S/C22H24N4O3/c1-14-23-18-8-5-4-7-16(18)20(24-14)26(2)15-9-10-19(29-3)17(13-15)22(11-6-12-22)21(27)25-28/h4-5,7-10,13,28H,6,11-12H2,1-3H3,(H,25,27). The average molecular weight is 392 g/mol. The van der Waals surface area contributed by atoms with Gasteiger partial charge in [0.2, 0.25) is 0 Å². The molecule has 0 bridgehead atoms. The number of hydrogen-bond acceptors (Lipinski definition) is 6. The number of methoxy groups -OCH3 is 1. The SMILES string of the molecule is COc1ccc(N(C)c2nc(C)nc3ccccc23)cc1C1(C(=O)NO)CCC1. The molecule has 1 heterocycles. The summed E-state index contributed by atoms with van der Waals surface area (Å²) in [5.41, 5.74) is 3.60. The predicted molar refractivity (Wildman–Crippen MR) is 111 cm³/mol. The molecule has 0 spiro atoms. The van der Waals surface area contributed by atoms with Crippen molar-refractivity contribution < 1.29 is 14.7 Å². The van der Waals surface area contributed by atoms with Crippen LogP contribution in [0.3, 0.4) is 0 Å². The topological polar surface area (TPSA) is 87.6 Å². The van der Waals surface area contributed by atoms with Crippen molar-refractivity contribution >= 4 is 28.3 Å². The molecule has 1 aromatic heterocycles. The van der Waals surface area contributed by atoms with Crippen molar-refractivity contribution in [2.75, 3.05) is 19.1 Å². The van der Waals surface area contributed by atoms with Crippen LogP contribution in [0, 0.1) is 6.92 Å². The molecule has 7 nitrogen and oxygen atoms in total. The number of ether oxygens (including phenoxy) is 1. The zero-order valence-electron chi connectivity index (χ0n) is 16.8. The zero-order chi connectivity index (χ0) is 20.6.